The third-order valence-electron chi connectivity index (χ3n) is 5.91. The fraction of sp³-hybridized carbons (Fsp3) is 0.440. The highest BCUT2D eigenvalue weighted by atomic mass is 32.1. The molecule has 2 aromatic heterocycles. The van der Waals surface area contributed by atoms with Crippen LogP contribution in [-0.4, -0.2) is 59.0 Å². The predicted molar refractivity (Wildman–Crippen MR) is 136 cm³/mol. The summed E-state index contributed by atoms with van der Waals surface area (Å²) in [4.78, 5) is 47.8. The number of para-hydroxylation sites is 1. The van der Waals surface area contributed by atoms with Gasteiger partial charge in [-0.15, -0.1) is 0 Å². The molecular weight excluding hydrogens is 450 g/mol. The van der Waals surface area contributed by atoms with Crippen LogP contribution in [0.25, 0.3) is 10.2 Å². The smallest absolute Gasteiger partial charge is 0.259 e. The molecule has 1 fully saturated rings. The van der Waals surface area contributed by atoms with Gasteiger partial charge in [0.05, 0.1) is 10.2 Å². The van der Waals surface area contributed by atoms with E-state index in [9.17, 15) is 14.4 Å². The van der Waals surface area contributed by atoms with Gasteiger partial charge >= 0.3 is 0 Å². The average molecular weight is 482 g/mol. The Morgan fingerprint density at radius 2 is 1.71 bits per heavy atom. The molecule has 1 aliphatic rings. The van der Waals surface area contributed by atoms with Crippen LogP contribution in [0.4, 0.5) is 5.13 Å². The van der Waals surface area contributed by atoms with E-state index in [4.69, 9.17) is 4.98 Å². The van der Waals surface area contributed by atoms with Crippen molar-refractivity contribution in [3.63, 3.8) is 0 Å². The number of amides is 2. The number of fused-ring (bicyclic) bond motifs is 1. The van der Waals surface area contributed by atoms with Gasteiger partial charge in [-0.1, -0.05) is 37.3 Å². The summed E-state index contributed by atoms with van der Waals surface area (Å²) in [5.74, 6) is -0.516. The number of anilines is 1. The van der Waals surface area contributed by atoms with Crippen LogP contribution >= 0.6 is 11.3 Å². The molecule has 0 atom stereocenters. The molecule has 3 heterocycles. The molecule has 0 bridgehead atoms. The number of hydrogen-bond acceptors (Lipinski definition) is 6. The molecule has 0 saturated carbocycles. The van der Waals surface area contributed by atoms with Gasteiger partial charge in [-0.3, -0.25) is 14.4 Å². The third-order valence-corrected chi connectivity index (χ3v) is 7.00. The van der Waals surface area contributed by atoms with Crippen molar-refractivity contribution >= 4 is 38.5 Å². The van der Waals surface area contributed by atoms with E-state index in [1.807, 2.05) is 45.9 Å². The van der Waals surface area contributed by atoms with Crippen LogP contribution in [0.1, 0.15) is 54.5 Å². The third kappa shape index (κ3) is 4.99. The van der Waals surface area contributed by atoms with Crippen LogP contribution in [0.15, 0.2) is 41.5 Å². The number of carbonyl (C=O) groups is 2. The molecule has 1 saturated heterocycles. The maximum absolute atomic E-state index is 13.4. The number of benzene rings is 1. The summed E-state index contributed by atoms with van der Waals surface area (Å²) in [5, 5.41) is 3.74. The quantitative estimate of drug-likeness (QED) is 0.583. The minimum Gasteiger partial charge on any atom is -0.352 e. The standard InChI is InChI=1S/C25H31N5O3S/c1-16(2)13-26-23(32)18-14-30(17(3)4)15-19(22(18)31)24(33)28-9-11-29(12-10-28)25-27-20-7-5-6-8-21(20)34-25/h5-8,14-17H,9-13H2,1-4H3,(H,26,32). The fourth-order valence-electron chi connectivity index (χ4n) is 3.87. The SMILES string of the molecule is CC(C)CNC(=O)c1cn(C(C)C)cc(C(=O)N2CCN(c3nc4ccccc4s3)CC2)c1=O. The van der Waals surface area contributed by atoms with E-state index in [-0.39, 0.29) is 29.0 Å². The monoisotopic (exact) mass is 481 g/mol. The number of aromatic nitrogens is 2. The predicted octanol–water partition coefficient (Wildman–Crippen LogP) is 3.39. The normalized spacial score (nSPS) is 14.3. The van der Waals surface area contributed by atoms with Crippen molar-refractivity contribution in [3.05, 3.63) is 58.0 Å². The molecular formula is C25H31N5O3S. The highest BCUT2D eigenvalue weighted by molar-refractivity contribution is 7.22. The average Bonchev–Trinajstić information content (AvgIpc) is 3.26. The van der Waals surface area contributed by atoms with Gasteiger partial charge in [0, 0.05) is 51.2 Å². The summed E-state index contributed by atoms with van der Waals surface area (Å²) in [6.07, 6.45) is 3.12. The van der Waals surface area contributed by atoms with Gasteiger partial charge in [-0.05, 0) is 31.9 Å². The van der Waals surface area contributed by atoms with Crippen molar-refractivity contribution in [3.8, 4) is 0 Å². The van der Waals surface area contributed by atoms with E-state index in [1.54, 1.807) is 33.2 Å². The molecule has 2 amide bonds. The van der Waals surface area contributed by atoms with Crippen molar-refractivity contribution in [1.29, 1.82) is 0 Å². The topological polar surface area (TPSA) is 87.5 Å². The number of pyridine rings is 1. The lowest BCUT2D eigenvalue weighted by Crippen LogP contribution is -2.50. The Labute approximate surface area is 203 Å². The molecule has 0 aliphatic carbocycles. The van der Waals surface area contributed by atoms with E-state index in [0.29, 0.717) is 32.7 Å². The Balaban J connectivity index is 1.53. The lowest BCUT2D eigenvalue weighted by atomic mass is 10.1. The van der Waals surface area contributed by atoms with Crippen molar-refractivity contribution in [2.75, 3.05) is 37.6 Å². The first-order chi connectivity index (χ1) is 16.2. The lowest BCUT2D eigenvalue weighted by Gasteiger charge is -2.34. The van der Waals surface area contributed by atoms with Crippen LogP contribution in [0.3, 0.4) is 0 Å². The highest BCUT2D eigenvalue weighted by Crippen LogP contribution is 2.29. The molecule has 0 spiro atoms. The highest BCUT2D eigenvalue weighted by Gasteiger charge is 2.27. The second-order valence-corrected chi connectivity index (χ2v) is 10.3. The summed E-state index contributed by atoms with van der Waals surface area (Å²) in [7, 11) is 0. The van der Waals surface area contributed by atoms with Crippen molar-refractivity contribution in [2.45, 2.75) is 33.7 Å². The van der Waals surface area contributed by atoms with Crippen LogP contribution in [0.2, 0.25) is 0 Å². The van der Waals surface area contributed by atoms with Crippen LogP contribution in [-0.2, 0) is 0 Å². The second kappa shape index (κ2) is 9.97. The van der Waals surface area contributed by atoms with Gasteiger partial charge in [0.2, 0.25) is 5.43 Å². The van der Waals surface area contributed by atoms with Gasteiger partial charge in [0.1, 0.15) is 11.1 Å². The molecule has 1 N–H and O–H groups in total. The van der Waals surface area contributed by atoms with Crippen molar-refractivity contribution in [1.82, 2.24) is 19.8 Å². The summed E-state index contributed by atoms with van der Waals surface area (Å²) in [5.41, 5.74) is 0.507. The summed E-state index contributed by atoms with van der Waals surface area (Å²) in [6.45, 7) is 10.6. The van der Waals surface area contributed by atoms with E-state index in [2.05, 4.69) is 16.3 Å². The molecule has 1 aliphatic heterocycles. The number of piperazine rings is 1. The number of nitrogens with zero attached hydrogens (tertiary/aromatic N) is 4. The van der Waals surface area contributed by atoms with Crippen molar-refractivity contribution in [2.24, 2.45) is 5.92 Å². The molecule has 180 valence electrons. The molecule has 1 aromatic carbocycles. The summed E-state index contributed by atoms with van der Waals surface area (Å²) >= 11 is 1.64. The van der Waals surface area contributed by atoms with E-state index in [0.717, 1.165) is 15.3 Å². The first kappa shape index (κ1) is 23.9. The largest absolute Gasteiger partial charge is 0.352 e. The minimum atomic E-state index is -0.517. The zero-order valence-electron chi connectivity index (χ0n) is 20.1. The van der Waals surface area contributed by atoms with Gasteiger partial charge in [-0.25, -0.2) is 4.98 Å². The van der Waals surface area contributed by atoms with Crippen LogP contribution < -0.4 is 15.6 Å². The lowest BCUT2D eigenvalue weighted by molar-refractivity contribution is 0.0744. The van der Waals surface area contributed by atoms with Gasteiger partial charge < -0.3 is 19.7 Å². The Hall–Kier alpha value is -3.20. The first-order valence-corrected chi connectivity index (χ1v) is 12.5. The Bertz CT molecular complexity index is 1220. The molecule has 0 unspecified atom stereocenters. The number of hydrogen-bond donors (Lipinski definition) is 1. The molecule has 9 heteroatoms. The maximum Gasteiger partial charge on any atom is 0.259 e. The van der Waals surface area contributed by atoms with Gasteiger partial charge in [0.15, 0.2) is 5.13 Å². The number of carbonyl (C=O) groups excluding carboxylic acids is 2. The van der Waals surface area contributed by atoms with Crippen LogP contribution in [0.5, 0.6) is 0 Å². The zero-order chi connectivity index (χ0) is 24.4. The fourth-order valence-corrected chi connectivity index (χ4v) is 4.89. The maximum atomic E-state index is 13.4. The van der Waals surface area contributed by atoms with E-state index in [1.165, 1.54) is 0 Å². The first-order valence-electron chi connectivity index (χ1n) is 11.7. The minimum absolute atomic E-state index is 0.000295. The zero-order valence-corrected chi connectivity index (χ0v) is 20.9. The number of nitrogens with one attached hydrogen (secondary N) is 1. The molecule has 4 rings (SSSR count). The Morgan fingerprint density at radius 1 is 1.03 bits per heavy atom. The molecule has 3 aromatic rings. The Kier molecular flexibility index (Phi) is 7.02. The second-order valence-electron chi connectivity index (χ2n) is 9.30. The van der Waals surface area contributed by atoms with E-state index < -0.39 is 11.3 Å². The molecule has 34 heavy (non-hydrogen) atoms. The van der Waals surface area contributed by atoms with Gasteiger partial charge in [-0.2, -0.15) is 0 Å². The molecule has 8 nitrogen and oxygen atoms in total. The number of thiazole rings is 1. The van der Waals surface area contributed by atoms with Crippen molar-refractivity contribution < 1.29 is 9.59 Å². The Morgan fingerprint density at radius 3 is 2.35 bits per heavy atom. The summed E-state index contributed by atoms with van der Waals surface area (Å²) in [6, 6.07) is 8.03. The summed E-state index contributed by atoms with van der Waals surface area (Å²) < 4.78 is 2.90. The van der Waals surface area contributed by atoms with E-state index >= 15 is 0 Å². The molecule has 0 radical (unpaired) electrons. The van der Waals surface area contributed by atoms with Crippen LogP contribution in [0, 0.1) is 5.92 Å². The van der Waals surface area contributed by atoms with Gasteiger partial charge in [0.25, 0.3) is 11.8 Å². The number of rotatable bonds is 6.